The second-order valence-corrected chi connectivity index (χ2v) is 4.74. The van der Waals surface area contributed by atoms with Crippen LogP contribution >= 0.6 is 0 Å². The van der Waals surface area contributed by atoms with Crippen molar-refractivity contribution in [2.45, 2.75) is 51.2 Å². The van der Waals surface area contributed by atoms with Gasteiger partial charge in [-0.05, 0) is 50.3 Å². The van der Waals surface area contributed by atoms with Crippen LogP contribution in [-0.4, -0.2) is 11.2 Å². The standard InChI is InChI=1S/C14H19FO2/c1-10(16)11-7-8-14(13(15)9-11)17-12-5-3-2-4-6-12/h7-10,12,16H,2-6H2,1H3/t10-/m1/s1. The van der Waals surface area contributed by atoms with Crippen molar-refractivity contribution in [3.63, 3.8) is 0 Å². The molecular weight excluding hydrogens is 219 g/mol. The molecule has 0 saturated heterocycles. The zero-order valence-corrected chi connectivity index (χ0v) is 10.2. The highest BCUT2D eigenvalue weighted by Gasteiger charge is 2.17. The van der Waals surface area contributed by atoms with Crippen molar-refractivity contribution < 1.29 is 14.2 Å². The first-order valence-electron chi connectivity index (χ1n) is 6.31. The molecule has 0 heterocycles. The van der Waals surface area contributed by atoms with E-state index in [0.29, 0.717) is 11.3 Å². The largest absolute Gasteiger partial charge is 0.487 e. The van der Waals surface area contributed by atoms with Crippen LogP contribution in [-0.2, 0) is 0 Å². The molecule has 3 heteroatoms. The van der Waals surface area contributed by atoms with Gasteiger partial charge in [-0.2, -0.15) is 0 Å². The lowest BCUT2D eigenvalue weighted by Crippen LogP contribution is -2.20. The van der Waals surface area contributed by atoms with Crippen LogP contribution in [0.1, 0.15) is 50.7 Å². The van der Waals surface area contributed by atoms with Crippen molar-refractivity contribution in [2.24, 2.45) is 0 Å². The van der Waals surface area contributed by atoms with Gasteiger partial charge >= 0.3 is 0 Å². The molecule has 1 aromatic rings. The summed E-state index contributed by atoms with van der Waals surface area (Å²) in [5.41, 5.74) is 0.582. The van der Waals surface area contributed by atoms with E-state index in [9.17, 15) is 9.50 Å². The van der Waals surface area contributed by atoms with E-state index in [-0.39, 0.29) is 11.9 Å². The van der Waals surface area contributed by atoms with Crippen molar-refractivity contribution in [3.8, 4) is 5.75 Å². The Labute approximate surface area is 101 Å². The number of benzene rings is 1. The number of hydrogen-bond donors (Lipinski definition) is 1. The SMILES string of the molecule is C[C@@H](O)c1ccc(OC2CCCCC2)c(F)c1. The molecule has 0 unspecified atom stereocenters. The summed E-state index contributed by atoms with van der Waals surface area (Å²) in [5, 5.41) is 9.35. The molecule has 1 saturated carbocycles. The summed E-state index contributed by atoms with van der Waals surface area (Å²) in [5.74, 6) is -0.0738. The molecule has 1 N–H and O–H groups in total. The van der Waals surface area contributed by atoms with E-state index in [1.807, 2.05) is 0 Å². The first-order valence-corrected chi connectivity index (χ1v) is 6.31. The van der Waals surface area contributed by atoms with Gasteiger partial charge in [-0.1, -0.05) is 12.5 Å². The summed E-state index contributed by atoms with van der Waals surface area (Å²) in [6, 6.07) is 4.68. The van der Waals surface area contributed by atoms with Gasteiger partial charge < -0.3 is 9.84 Å². The molecule has 2 rings (SSSR count). The predicted molar refractivity (Wildman–Crippen MR) is 64.5 cm³/mol. The van der Waals surface area contributed by atoms with Crippen LogP contribution < -0.4 is 4.74 Å². The summed E-state index contributed by atoms with van der Waals surface area (Å²) in [4.78, 5) is 0. The van der Waals surface area contributed by atoms with Gasteiger partial charge in [-0.25, -0.2) is 4.39 Å². The van der Waals surface area contributed by atoms with E-state index in [2.05, 4.69) is 0 Å². The minimum absolute atomic E-state index is 0.149. The van der Waals surface area contributed by atoms with Crippen LogP contribution in [0.4, 0.5) is 4.39 Å². The Morgan fingerprint density at radius 2 is 2.00 bits per heavy atom. The Morgan fingerprint density at radius 1 is 1.29 bits per heavy atom. The van der Waals surface area contributed by atoms with Crippen molar-refractivity contribution in [1.29, 1.82) is 0 Å². The van der Waals surface area contributed by atoms with Gasteiger partial charge in [-0.15, -0.1) is 0 Å². The van der Waals surface area contributed by atoms with Crippen molar-refractivity contribution in [3.05, 3.63) is 29.6 Å². The first-order chi connectivity index (χ1) is 8.16. The van der Waals surface area contributed by atoms with Crippen LogP contribution in [0.2, 0.25) is 0 Å². The monoisotopic (exact) mass is 238 g/mol. The first kappa shape index (κ1) is 12.4. The molecule has 17 heavy (non-hydrogen) atoms. The van der Waals surface area contributed by atoms with Crippen molar-refractivity contribution in [2.75, 3.05) is 0 Å². The zero-order chi connectivity index (χ0) is 12.3. The molecule has 1 fully saturated rings. The smallest absolute Gasteiger partial charge is 0.165 e. The van der Waals surface area contributed by atoms with Crippen LogP contribution in [0, 0.1) is 5.82 Å². The van der Waals surface area contributed by atoms with Crippen LogP contribution in [0.5, 0.6) is 5.75 Å². The minimum Gasteiger partial charge on any atom is -0.487 e. The Morgan fingerprint density at radius 3 is 2.59 bits per heavy atom. The molecule has 0 bridgehead atoms. The highest BCUT2D eigenvalue weighted by atomic mass is 19.1. The second kappa shape index (κ2) is 5.50. The van der Waals surface area contributed by atoms with E-state index >= 15 is 0 Å². The molecule has 0 radical (unpaired) electrons. The van der Waals surface area contributed by atoms with Crippen molar-refractivity contribution in [1.82, 2.24) is 0 Å². The summed E-state index contributed by atoms with van der Waals surface area (Å²) < 4.78 is 19.4. The van der Waals surface area contributed by atoms with E-state index < -0.39 is 6.10 Å². The maximum absolute atomic E-state index is 13.7. The summed E-state index contributed by atoms with van der Waals surface area (Å²) in [6.07, 6.45) is 5.11. The molecule has 1 aliphatic rings. The number of aliphatic hydroxyl groups is 1. The number of ether oxygens (including phenoxy) is 1. The number of halogens is 1. The summed E-state index contributed by atoms with van der Waals surface area (Å²) >= 11 is 0. The normalized spacial score (nSPS) is 19.0. The maximum atomic E-state index is 13.7. The van der Waals surface area contributed by atoms with E-state index in [1.54, 1.807) is 19.1 Å². The molecule has 94 valence electrons. The lowest BCUT2D eigenvalue weighted by Gasteiger charge is -2.23. The summed E-state index contributed by atoms with van der Waals surface area (Å²) in [6.45, 7) is 1.62. The summed E-state index contributed by atoms with van der Waals surface area (Å²) in [7, 11) is 0. The average molecular weight is 238 g/mol. The Balaban J connectivity index is 2.05. The van der Waals surface area contributed by atoms with Gasteiger partial charge in [0.25, 0.3) is 0 Å². The Kier molecular flexibility index (Phi) is 4.00. The molecular formula is C14H19FO2. The van der Waals surface area contributed by atoms with Gasteiger partial charge in [0.15, 0.2) is 11.6 Å². The molecule has 0 aliphatic heterocycles. The number of hydrogen-bond acceptors (Lipinski definition) is 2. The third-order valence-corrected chi connectivity index (χ3v) is 3.28. The average Bonchev–Trinajstić information content (AvgIpc) is 2.33. The fourth-order valence-electron chi connectivity index (χ4n) is 2.24. The third-order valence-electron chi connectivity index (χ3n) is 3.28. The van der Waals surface area contributed by atoms with E-state index in [4.69, 9.17) is 4.74 Å². The zero-order valence-electron chi connectivity index (χ0n) is 10.2. The van der Waals surface area contributed by atoms with Gasteiger partial charge in [0.05, 0.1) is 12.2 Å². The van der Waals surface area contributed by atoms with Gasteiger partial charge in [-0.3, -0.25) is 0 Å². The molecule has 0 spiro atoms. The topological polar surface area (TPSA) is 29.5 Å². The lowest BCUT2D eigenvalue weighted by molar-refractivity contribution is 0.148. The number of aliphatic hydroxyl groups excluding tert-OH is 1. The minimum atomic E-state index is -0.645. The molecule has 1 atom stereocenters. The van der Waals surface area contributed by atoms with Crippen LogP contribution in [0.25, 0.3) is 0 Å². The molecule has 1 aliphatic carbocycles. The van der Waals surface area contributed by atoms with Crippen LogP contribution in [0.15, 0.2) is 18.2 Å². The Bertz CT molecular complexity index is 370. The lowest BCUT2D eigenvalue weighted by atomic mass is 9.98. The Hall–Kier alpha value is -1.09. The highest BCUT2D eigenvalue weighted by molar-refractivity contribution is 5.30. The number of rotatable bonds is 3. The highest BCUT2D eigenvalue weighted by Crippen LogP contribution is 2.27. The maximum Gasteiger partial charge on any atom is 0.165 e. The van der Waals surface area contributed by atoms with E-state index in [0.717, 1.165) is 25.7 Å². The second-order valence-electron chi connectivity index (χ2n) is 4.74. The molecule has 0 amide bonds. The quantitative estimate of drug-likeness (QED) is 0.872. The van der Waals surface area contributed by atoms with E-state index in [1.165, 1.54) is 12.5 Å². The van der Waals surface area contributed by atoms with Gasteiger partial charge in [0.2, 0.25) is 0 Å². The van der Waals surface area contributed by atoms with Crippen molar-refractivity contribution >= 4 is 0 Å². The molecule has 1 aromatic carbocycles. The fourth-order valence-corrected chi connectivity index (χ4v) is 2.24. The third kappa shape index (κ3) is 3.19. The predicted octanol–water partition coefficient (Wildman–Crippen LogP) is 3.59. The molecule has 0 aromatic heterocycles. The fraction of sp³-hybridized carbons (Fsp3) is 0.571. The van der Waals surface area contributed by atoms with Gasteiger partial charge in [0.1, 0.15) is 0 Å². The molecule has 2 nitrogen and oxygen atoms in total. The van der Waals surface area contributed by atoms with Gasteiger partial charge in [0, 0.05) is 0 Å². The van der Waals surface area contributed by atoms with Crippen LogP contribution in [0.3, 0.4) is 0 Å².